The van der Waals surface area contributed by atoms with Gasteiger partial charge in [-0.05, 0) is 27.7 Å². The molecule has 0 aliphatic carbocycles. The van der Waals surface area contributed by atoms with E-state index in [0.29, 0.717) is 6.54 Å². The quantitative estimate of drug-likeness (QED) is 0.738. The summed E-state index contributed by atoms with van der Waals surface area (Å²) in [5.74, 6) is 0.815. The van der Waals surface area contributed by atoms with E-state index < -0.39 is 0 Å². The first kappa shape index (κ1) is 10.1. The lowest BCUT2D eigenvalue weighted by atomic mass is 10.1. The van der Waals surface area contributed by atoms with Gasteiger partial charge in [-0.3, -0.25) is 5.10 Å². The molecule has 3 N–H and O–H groups in total. The standard InChI is InChI=1S/C9H17N3O/c1-6-8(7(2)12-11-6)13-9(3,4)5-10/h5,10H2,1-4H3,(H,11,12). The zero-order valence-corrected chi connectivity index (χ0v) is 8.64. The Morgan fingerprint density at radius 1 is 1.46 bits per heavy atom. The van der Waals surface area contributed by atoms with E-state index in [2.05, 4.69) is 10.2 Å². The molecule has 1 aromatic heterocycles. The Kier molecular flexibility index (Phi) is 2.61. The first-order valence-corrected chi connectivity index (χ1v) is 4.37. The molecule has 0 saturated heterocycles. The number of nitrogens with zero attached hydrogens (tertiary/aromatic N) is 1. The maximum atomic E-state index is 5.73. The third kappa shape index (κ3) is 2.21. The zero-order chi connectivity index (χ0) is 10.1. The van der Waals surface area contributed by atoms with Crippen molar-refractivity contribution >= 4 is 0 Å². The molecule has 4 heteroatoms. The molecule has 0 saturated carbocycles. The molecule has 0 fully saturated rings. The summed E-state index contributed by atoms with van der Waals surface area (Å²) in [6, 6.07) is 0. The molecule has 0 amide bonds. The third-order valence-corrected chi connectivity index (χ3v) is 1.93. The van der Waals surface area contributed by atoms with Gasteiger partial charge in [0.2, 0.25) is 0 Å². The summed E-state index contributed by atoms with van der Waals surface area (Å²) < 4.78 is 5.73. The number of hydrogen-bond acceptors (Lipinski definition) is 3. The van der Waals surface area contributed by atoms with Crippen molar-refractivity contribution in [2.75, 3.05) is 6.54 Å². The zero-order valence-electron chi connectivity index (χ0n) is 8.64. The number of aryl methyl sites for hydroxylation is 2. The molecule has 13 heavy (non-hydrogen) atoms. The second-order valence-electron chi connectivity index (χ2n) is 3.83. The molecule has 4 nitrogen and oxygen atoms in total. The SMILES string of the molecule is Cc1n[nH]c(C)c1OC(C)(C)CN. The minimum absolute atomic E-state index is 0.334. The van der Waals surface area contributed by atoms with Crippen molar-refractivity contribution in [3.05, 3.63) is 11.4 Å². The Hall–Kier alpha value is -1.03. The number of rotatable bonds is 3. The summed E-state index contributed by atoms with van der Waals surface area (Å²) in [5.41, 5.74) is 7.05. The van der Waals surface area contributed by atoms with Crippen LogP contribution in [0.3, 0.4) is 0 Å². The third-order valence-electron chi connectivity index (χ3n) is 1.93. The number of aromatic nitrogens is 2. The number of nitrogens with two attached hydrogens (primary N) is 1. The Balaban J connectivity index is 2.85. The maximum absolute atomic E-state index is 5.73. The Labute approximate surface area is 78.5 Å². The molecule has 74 valence electrons. The Morgan fingerprint density at radius 3 is 2.46 bits per heavy atom. The number of hydrogen-bond donors (Lipinski definition) is 2. The van der Waals surface area contributed by atoms with Gasteiger partial charge in [0.15, 0.2) is 5.75 Å². The van der Waals surface area contributed by atoms with Crippen LogP contribution in [0.4, 0.5) is 0 Å². The van der Waals surface area contributed by atoms with Crippen LogP contribution >= 0.6 is 0 Å². The lowest BCUT2D eigenvalue weighted by molar-refractivity contribution is 0.117. The predicted molar refractivity (Wildman–Crippen MR) is 51.8 cm³/mol. The highest BCUT2D eigenvalue weighted by Crippen LogP contribution is 2.23. The highest BCUT2D eigenvalue weighted by atomic mass is 16.5. The minimum Gasteiger partial charge on any atom is -0.483 e. The normalized spacial score (nSPS) is 11.8. The van der Waals surface area contributed by atoms with Gasteiger partial charge in [0.1, 0.15) is 11.3 Å². The lowest BCUT2D eigenvalue weighted by Gasteiger charge is -2.24. The Bertz CT molecular complexity index is 272. The van der Waals surface area contributed by atoms with E-state index in [1.54, 1.807) is 0 Å². The van der Waals surface area contributed by atoms with E-state index in [1.807, 2.05) is 27.7 Å². The summed E-state index contributed by atoms with van der Waals surface area (Å²) in [4.78, 5) is 0. The molecule has 0 radical (unpaired) electrons. The van der Waals surface area contributed by atoms with Crippen LogP contribution in [0, 0.1) is 13.8 Å². The van der Waals surface area contributed by atoms with E-state index in [4.69, 9.17) is 10.5 Å². The van der Waals surface area contributed by atoms with Gasteiger partial charge in [0.05, 0.1) is 5.69 Å². The lowest BCUT2D eigenvalue weighted by Crippen LogP contribution is -2.37. The van der Waals surface area contributed by atoms with Crippen molar-refractivity contribution in [1.29, 1.82) is 0 Å². The molecular weight excluding hydrogens is 166 g/mol. The van der Waals surface area contributed by atoms with Crippen molar-refractivity contribution in [1.82, 2.24) is 10.2 Å². The second-order valence-corrected chi connectivity index (χ2v) is 3.83. The van der Waals surface area contributed by atoms with Crippen LogP contribution in [0.25, 0.3) is 0 Å². The number of H-pyrrole nitrogens is 1. The average molecular weight is 183 g/mol. The monoisotopic (exact) mass is 183 g/mol. The average Bonchev–Trinajstić information content (AvgIpc) is 2.36. The van der Waals surface area contributed by atoms with Crippen molar-refractivity contribution in [2.24, 2.45) is 5.73 Å². The summed E-state index contributed by atoms with van der Waals surface area (Å²) in [6.07, 6.45) is 0. The van der Waals surface area contributed by atoms with E-state index in [-0.39, 0.29) is 5.60 Å². The second kappa shape index (κ2) is 3.38. The van der Waals surface area contributed by atoms with Crippen molar-refractivity contribution in [3.63, 3.8) is 0 Å². The summed E-state index contributed by atoms with van der Waals surface area (Å²) >= 11 is 0. The smallest absolute Gasteiger partial charge is 0.163 e. The molecule has 0 spiro atoms. The van der Waals surface area contributed by atoms with Crippen molar-refractivity contribution in [3.8, 4) is 5.75 Å². The van der Waals surface area contributed by atoms with Gasteiger partial charge in [0, 0.05) is 6.54 Å². The fourth-order valence-corrected chi connectivity index (χ4v) is 1.01. The molecule has 0 aromatic carbocycles. The highest BCUT2D eigenvalue weighted by molar-refractivity contribution is 5.31. The molecule has 0 aliphatic rings. The predicted octanol–water partition coefficient (Wildman–Crippen LogP) is 1.14. The van der Waals surface area contributed by atoms with Crippen LogP contribution in [-0.2, 0) is 0 Å². The molecule has 0 atom stereocenters. The first-order valence-electron chi connectivity index (χ1n) is 4.37. The van der Waals surface area contributed by atoms with E-state index in [0.717, 1.165) is 17.1 Å². The number of nitrogens with one attached hydrogen (secondary N) is 1. The molecule has 1 aromatic rings. The largest absolute Gasteiger partial charge is 0.483 e. The topological polar surface area (TPSA) is 63.9 Å². The summed E-state index contributed by atoms with van der Waals surface area (Å²) in [6.45, 7) is 8.24. The van der Waals surface area contributed by atoms with E-state index in [1.165, 1.54) is 0 Å². The van der Waals surface area contributed by atoms with E-state index in [9.17, 15) is 0 Å². The van der Waals surface area contributed by atoms with E-state index >= 15 is 0 Å². The van der Waals surface area contributed by atoms with Crippen LogP contribution in [0.1, 0.15) is 25.2 Å². The number of ether oxygens (including phenoxy) is 1. The molecule has 1 heterocycles. The summed E-state index contributed by atoms with van der Waals surface area (Å²) in [5, 5.41) is 6.91. The molecule has 1 rings (SSSR count). The van der Waals surface area contributed by atoms with Gasteiger partial charge >= 0.3 is 0 Å². The van der Waals surface area contributed by atoms with Gasteiger partial charge in [-0.1, -0.05) is 0 Å². The van der Waals surface area contributed by atoms with Gasteiger partial charge in [-0.15, -0.1) is 0 Å². The highest BCUT2D eigenvalue weighted by Gasteiger charge is 2.20. The minimum atomic E-state index is -0.334. The first-order chi connectivity index (χ1) is 5.96. The fourth-order valence-electron chi connectivity index (χ4n) is 1.01. The van der Waals surface area contributed by atoms with Crippen molar-refractivity contribution in [2.45, 2.75) is 33.3 Å². The molecule has 0 bridgehead atoms. The van der Waals surface area contributed by atoms with Gasteiger partial charge < -0.3 is 10.5 Å². The maximum Gasteiger partial charge on any atom is 0.163 e. The fraction of sp³-hybridized carbons (Fsp3) is 0.667. The van der Waals surface area contributed by atoms with Crippen LogP contribution in [0.15, 0.2) is 0 Å². The van der Waals surface area contributed by atoms with Crippen LogP contribution in [-0.4, -0.2) is 22.3 Å². The Morgan fingerprint density at radius 2 is 2.08 bits per heavy atom. The van der Waals surface area contributed by atoms with Gasteiger partial charge in [0.25, 0.3) is 0 Å². The van der Waals surface area contributed by atoms with Gasteiger partial charge in [-0.2, -0.15) is 5.10 Å². The van der Waals surface area contributed by atoms with Crippen LogP contribution in [0.5, 0.6) is 5.75 Å². The number of aromatic amines is 1. The van der Waals surface area contributed by atoms with Crippen molar-refractivity contribution < 1.29 is 4.74 Å². The van der Waals surface area contributed by atoms with Gasteiger partial charge in [-0.25, -0.2) is 0 Å². The molecular formula is C9H17N3O. The summed E-state index contributed by atoms with van der Waals surface area (Å²) in [7, 11) is 0. The molecule has 0 aliphatic heterocycles. The van der Waals surface area contributed by atoms with Crippen LogP contribution in [0.2, 0.25) is 0 Å². The molecule has 0 unspecified atom stereocenters. The van der Waals surface area contributed by atoms with Crippen LogP contribution < -0.4 is 10.5 Å².